The van der Waals surface area contributed by atoms with Crippen LogP contribution < -0.4 is 4.90 Å². The van der Waals surface area contributed by atoms with Crippen LogP contribution in [0.1, 0.15) is 66.8 Å². The molecule has 1 N–H and O–H groups in total. The lowest BCUT2D eigenvalue weighted by Gasteiger charge is -2.33. The van der Waals surface area contributed by atoms with Gasteiger partial charge in [0.15, 0.2) is 0 Å². The fourth-order valence-electron chi connectivity index (χ4n) is 5.44. The number of halogens is 9. The normalized spacial score (nSPS) is 18.0. The maximum absolute atomic E-state index is 13.6. The first kappa shape index (κ1) is 36.4. The molecule has 0 unspecified atom stereocenters. The Kier molecular flexibility index (Phi) is 11.8. The molecule has 17 heteroatoms. The van der Waals surface area contributed by atoms with Gasteiger partial charge in [0.05, 0.1) is 16.7 Å². The Morgan fingerprint density at radius 1 is 0.867 bits per heavy atom. The maximum Gasteiger partial charge on any atom is 0.417 e. The van der Waals surface area contributed by atoms with Crippen LogP contribution in [0.2, 0.25) is 0 Å². The van der Waals surface area contributed by atoms with Crippen molar-refractivity contribution in [2.24, 2.45) is 11.8 Å². The molecule has 45 heavy (non-hydrogen) atoms. The lowest BCUT2D eigenvalue weighted by molar-refractivity contribution is -0.143. The van der Waals surface area contributed by atoms with E-state index in [0.29, 0.717) is 54.9 Å². The number of carboxylic acids is 1. The van der Waals surface area contributed by atoms with E-state index in [0.717, 1.165) is 6.07 Å². The number of aliphatic carboxylic acids is 1. The van der Waals surface area contributed by atoms with Gasteiger partial charge in [0.25, 0.3) is 0 Å². The molecule has 0 atom stereocenters. The molecule has 0 spiro atoms. The topological polar surface area (TPSA) is 90.8 Å². The summed E-state index contributed by atoms with van der Waals surface area (Å²) in [6, 6.07) is 1.60. The number of carbonyl (C=O) groups is 1. The van der Waals surface area contributed by atoms with Crippen molar-refractivity contribution in [1.82, 2.24) is 9.29 Å². The van der Waals surface area contributed by atoms with Crippen LogP contribution >= 0.6 is 0 Å². The minimum atomic E-state index is -5.11. The van der Waals surface area contributed by atoms with Gasteiger partial charge in [0, 0.05) is 44.4 Å². The van der Waals surface area contributed by atoms with Gasteiger partial charge in [0.2, 0.25) is 10.9 Å². The zero-order chi connectivity index (χ0) is 33.7. The number of carboxylic acid groups (broad SMARTS) is 1. The van der Waals surface area contributed by atoms with Gasteiger partial charge in [-0.2, -0.15) is 43.8 Å². The molecule has 1 heterocycles. The van der Waals surface area contributed by atoms with Crippen molar-refractivity contribution in [3.63, 3.8) is 0 Å². The molecule has 0 amide bonds. The molecule has 1 aromatic heterocycles. The minimum absolute atomic E-state index is 0.0135. The lowest BCUT2D eigenvalue weighted by atomic mass is 9.80. The van der Waals surface area contributed by atoms with Crippen molar-refractivity contribution in [2.75, 3.05) is 24.5 Å². The molecular weight excluding hydrogens is 645 g/mol. The summed E-state index contributed by atoms with van der Waals surface area (Å²) in [6.45, 7) is 1.05. The molecule has 3 rings (SSSR count). The van der Waals surface area contributed by atoms with E-state index in [1.165, 1.54) is 0 Å². The van der Waals surface area contributed by atoms with E-state index in [9.17, 15) is 52.7 Å². The molecular formula is C28H32F9N3O4S. The van der Waals surface area contributed by atoms with Gasteiger partial charge in [0.1, 0.15) is 5.82 Å². The maximum atomic E-state index is 13.6. The molecule has 1 aromatic carbocycles. The number of nitrogens with zero attached hydrogens (tertiary/aromatic N) is 3. The first-order valence-electron chi connectivity index (χ1n) is 14.0. The van der Waals surface area contributed by atoms with Crippen LogP contribution in [0.25, 0.3) is 0 Å². The molecule has 2 aromatic rings. The summed E-state index contributed by atoms with van der Waals surface area (Å²) in [5, 5.41) is 9.04. The van der Waals surface area contributed by atoms with Gasteiger partial charge in [-0.15, -0.1) is 0 Å². The van der Waals surface area contributed by atoms with Crippen molar-refractivity contribution in [3.8, 4) is 0 Å². The Hall–Kier alpha value is -3.08. The third-order valence-corrected chi connectivity index (χ3v) is 8.55. The van der Waals surface area contributed by atoms with Crippen LogP contribution in [0.4, 0.5) is 45.3 Å². The summed E-state index contributed by atoms with van der Waals surface area (Å²) in [5.41, 5.74) is -4.93. The summed E-state index contributed by atoms with van der Waals surface area (Å²) in [4.78, 5) is 16.7. The summed E-state index contributed by atoms with van der Waals surface area (Å²) in [6.07, 6.45) is -12.4. The van der Waals surface area contributed by atoms with Crippen LogP contribution in [-0.2, 0) is 47.2 Å². The number of hydrogen-bond donors (Lipinski definition) is 2. The molecule has 1 saturated carbocycles. The Morgan fingerprint density at radius 3 is 1.87 bits per heavy atom. The first-order chi connectivity index (χ1) is 20.8. The Morgan fingerprint density at radius 2 is 1.40 bits per heavy atom. The second-order valence-electron chi connectivity index (χ2n) is 11.0. The average molecular weight is 678 g/mol. The van der Waals surface area contributed by atoms with Gasteiger partial charge in [-0.05, 0) is 80.7 Å². The average Bonchev–Trinajstić information content (AvgIpc) is 2.93. The van der Waals surface area contributed by atoms with Gasteiger partial charge < -0.3 is 10.0 Å². The molecule has 0 saturated heterocycles. The first-order valence-corrected chi connectivity index (χ1v) is 15.1. The van der Waals surface area contributed by atoms with Crippen molar-refractivity contribution >= 4 is 22.7 Å². The Balaban J connectivity index is 1.88. The Bertz CT molecular complexity index is 1360. The highest BCUT2D eigenvalue weighted by atomic mass is 32.2. The second kappa shape index (κ2) is 14.6. The van der Waals surface area contributed by atoms with E-state index in [1.807, 2.05) is 0 Å². The summed E-state index contributed by atoms with van der Waals surface area (Å²) in [5.74, 6) is -0.775. The SMILES string of the molecule is CCN(C[C@H]1CC[C@H](CC(=O)O)CC1)c1ncc(C(F)(F)F)cc1CN(CCc1cc(C(F)(F)F)cc(C(F)(F)F)c1)[SH](=O)=O. The van der Waals surface area contributed by atoms with Gasteiger partial charge in [-0.25, -0.2) is 13.4 Å². The van der Waals surface area contributed by atoms with E-state index in [1.54, 1.807) is 11.8 Å². The fraction of sp³-hybridized carbons (Fsp3) is 0.571. The zero-order valence-electron chi connectivity index (χ0n) is 24.0. The quantitative estimate of drug-likeness (QED) is 0.190. The monoisotopic (exact) mass is 677 g/mol. The third-order valence-electron chi connectivity index (χ3n) is 7.75. The molecule has 0 aliphatic heterocycles. The highest BCUT2D eigenvalue weighted by Crippen LogP contribution is 2.37. The number of pyridine rings is 1. The Labute approximate surface area is 255 Å². The van der Waals surface area contributed by atoms with Crippen LogP contribution in [0.3, 0.4) is 0 Å². The van der Waals surface area contributed by atoms with Gasteiger partial charge in [-0.3, -0.25) is 4.79 Å². The standard InChI is InChI=1S/C28H32F9N3O4S/c1-2-39(15-18-5-3-17(4-6-18)11-24(41)42)25-20(12-23(14-38-25)28(35,36)37)16-40(45(43)44)8-7-19-9-21(26(29,30)31)13-22(10-19)27(32,33)34/h9-10,12-14,17-18,45H,2-8,11,15-16H2,1H3,(H,41,42)/t17-,18-. The van der Waals surface area contributed by atoms with E-state index in [2.05, 4.69) is 4.98 Å². The molecule has 0 bridgehead atoms. The lowest BCUT2D eigenvalue weighted by Crippen LogP contribution is -2.34. The molecule has 1 fully saturated rings. The summed E-state index contributed by atoms with van der Waals surface area (Å²) < 4.78 is 145. The third kappa shape index (κ3) is 10.5. The predicted octanol–water partition coefficient (Wildman–Crippen LogP) is 6.82. The van der Waals surface area contributed by atoms with Crippen LogP contribution in [0.5, 0.6) is 0 Å². The van der Waals surface area contributed by atoms with Gasteiger partial charge >= 0.3 is 24.5 Å². The van der Waals surface area contributed by atoms with Crippen molar-refractivity contribution in [3.05, 3.63) is 58.3 Å². The van der Waals surface area contributed by atoms with E-state index in [4.69, 9.17) is 5.11 Å². The highest BCUT2D eigenvalue weighted by Gasteiger charge is 2.37. The smallest absolute Gasteiger partial charge is 0.417 e. The van der Waals surface area contributed by atoms with Crippen molar-refractivity contribution < 1.29 is 57.8 Å². The van der Waals surface area contributed by atoms with E-state index >= 15 is 0 Å². The number of hydrogen-bond acceptors (Lipinski definition) is 5. The fourth-order valence-corrected chi connectivity index (χ4v) is 5.97. The highest BCUT2D eigenvalue weighted by molar-refractivity contribution is 7.69. The van der Waals surface area contributed by atoms with Gasteiger partial charge in [-0.1, -0.05) is 0 Å². The number of benzene rings is 1. The largest absolute Gasteiger partial charge is 0.481 e. The zero-order valence-corrected chi connectivity index (χ0v) is 24.9. The van der Waals surface area contributed by atoms with Crippen LogP contribution in [-0.4, -0.2) is 48.4 Å². The van der Waals surface area contributed by atoms with Crippen LogP contribution in [0, 0.1) is 11.8 Å². The molecule has 1 aliphatic rings. The van der Waals surface area contributed by atoms with Crippen molar-refractivity contribution in [1.29, 1.82) is 0 Å². The summed E-state index contributed by atoms with van der Waals surface area (Å²) >= 11 is 0. The van der Waals surface area contributed by atoms with E-state index < -0.39 is 77.2 Å². The number of anilines is 1. The number of rotatable bonds is 12. The second-order valence-corrected chi connectivity index (χ2v) is 12.1. The van der Waals surface area contributed by atoms with Crippen LogP contribution in [0.15, 0.2) is 30.5 Å². The number of aromatic nitrogens is 1. The molecule has 1 aliphatic carbocycles. The molecule has 252 valence electrons. The van der Waals surface area contributed by atoms with Crippen molar-refractivity contribution in [2.45, 2.75) is 70.5 Å². The van der Waals surface area contributed by atoms with E-state index in [-0.39, 0.29) is 42.2 Å². The number of thiol groups is 1. The number of alkyl halides is 9. The summed E-state index contributed by atoms with van der Waals surface area (Å²) in [7, 11) is -3.53. The molecule has 0 radical (unpaired) electrons. The minimum Gasteiger partial charge on any atom is -0.481 e. The molecule has 7 nitrogen and oxygen atoms in total. The predicted molar refractivity (Wildman–Crippen MR) is 146 cm³/mol.